The molecule has 0 amide bonds. The first kappa shape index (κ1) is 8.60. The Morgan fingerprint density at radius 1 is 1.64 bits per heavy atom. The van der Waals surface area contributed by atoms with Crippen LogP contribution in [0.4, 0.5) is 0 Å². The molecule has 0 aliphatic rings. The van der Waals surface area contributed by atoms with E-state index < -0.39 is 0 Å². The van der Waals surface area contributed by atoms with Crippen LogP contribution in [0.2, 0.25) is 0 Å². The molecule has 60 valence electrons. The van der Waals surface area contributed by atoms with E-state index >= 15 is 0 Å². The van der Waals surface area contributed by atoms with Crippen molar-refractivity contribution >= 4 is 15.9 Å². The number of allylic oxidation sites excluding steroid dienone is 2. The lowest BCUT2D eigenvalue weighted by molar-refractivity contribution is 0.520. The predicted octanol–water partition coefficient (Wildman–Crippen LogP) is 3.55. The predicted molar refractivity (Wildman–Crippen MR) is 49.5 cm³/mol. The zero-order valence-electron chi connectivity index (χ0n) is 6.73. The molecular formula is C9H11BrO. The molecule has 0 fully saturated rings. The summed E-state index contributed by atoms with van der Waals surface area (Å²) in [7, 11) is 0. The largest absolute Gasteiger partial charge is 0.468 e. The van der Waals surface area contributed by atoms with Gasteiger partial charge in [0.1, 0.15) is 5.76 Å². The summed E-state index contributed by atoms with van der Waals surface area (Å²) in [4.78, 5) is 0. The molecule has 0 radical (unpaired) electrons. The SMILES string of the molecule is CC(C)=CCc1occc1Br. The molecule has 2 heteroatoms. The van der Waals surface area contributed by atoms with E-state index in [1.54, 1.807) is 6.26 Å². The topological polar surface area (TPSA) is 13.1 Å². The van der Waals surface area contributed by atoms with Gasteiger partial charge in [0.2, 0.25) is 0 Å². The first-order valence-electron chi connectivity index (χ1n) is 3.55. The van der Waals surface area contributed by atoms with Crippen LogP contribution in [0, 0.1) is 0 Å². The monoisotopic (exact) mass is 214 g/mol. The summed E-state index contributed by atoms with van der Waals surface area (Å²) in [5.74, 6) is 0.992. The highest BCUT2D eigenvalue weighted by Crippen LogP contribution is 2.18. The molecule has 1 nitrogen and oxygen atoms in total. The van der Waals surface area contributed by atoms with Gasteiger partial charge in [-0.05, 0) is 35.8 Å². The Bertz CT molecular complexity index is 256. The van der Waals surface area contributed by atoms with E-state index in [1.165, 1.54) is 5.57 Å². The quantitative estimate of drug-likeness (QED) is 0.687. The van der Waals surface area contributed by atoms with Crippen molar-refractivity contribution in [1.82, 2.24) is 0 Å². The third-order valence-corrected chi connectivity index (χ3v) is 2.09. The maximum atomic E-state index is 5.22. The normalized spacial score (nSPS) is 9.73. The maximum Gasteiger partial charge on any atom is 0.121 e. The Morgan fingerprint density at radius 2 is 2.36 bits per heavy atom. The summed E-state index contributed by atoms with van der Waals surface area (Å²) in [5, 5.41) is 0. The van der Waals surface area contributed by atoms with E-state index in [4.69, 9.17) is 4.42 Å². The third-order valence-electron chi connectivity index (χ3n) is 1.39. The second-order valence-electron chi connectivity index (χ2n) is 2.68. The Hall–Kier alpha value is -0.500. The highest BCUT2D eigenvalue weighted by Gasteiger charge is 1.99. The maximum absolute atomic E-state index is 5.22. The van der Waals surface area contributed by atoms with Crippen LogP contribution in [0.25, 0.3) is 0 Å². The third kappa shape index (κ3) is 2.54. The molecule has 1 aromatic heterocycles. The van der Waals surface area contributed by atoms with Gasteiger partial charge in [0.05, 0.1) is 10.7 Å². The number of rotatable bonds is 2. The molecule has 1 aromatic rings. The van der Waals surface area contributed by atoms with Gasteiger partial charge in [-0.15, -0.1) is 0 Å². The molecule has 0 aliphatic heterocycles. The van der Waals surface area contributed by atoms with E-state index in [0.717, 1.165) is 16.7 Å². The summed E-state index contributed by atoms with van der Waals surface area (Å²) < 4.78 is 6.27. The average Bonchev–Trinajstić information content (AvgIpc) is 2.31. The lowest BCUT2D eigenvalue weighted by Gasteiger charge is -1.91. The minimum absolute atomic E-state index is 0.871. The summed E-state index contributed by atoms with van der Waals surface area (Å²) in [6.45, 7) is 4.16. The molecule has 0 saturated carbocycles. The zero-order chi connectivity index (χ0) is 8.27. The number of hydrogen-bond donors (Lipinski definition) is 0. The van der Waals surface area contributed by atoms with Crippen LogP contribution < -0.4 is 0 Å². The first-order valence-corrected chi connectivity index (χ1v) is 4.34. The molecule has 0 spiro atoms. The Balaban J connectivity index is 2.65. The van der Waals surface area contributed by atoms with Gasteiger partial charge in [-0.1, -0.05) is 11.6 Å². The van der Waals surface area contributed by atoms with Crippen molar-refractivity contribution in [1.29, 1.82) is 0 Å². The number of furan rings is 1. The molecule has 1 rings (SSSR count). The van der Waals surface area contributed by atoms with Crippen LogP contribution >= 0.6 is 15.9 Å². The average molecular weight is 215 g/mol. The standard InChI is InChI=1S/C9H11BrO/c1-7(2)3-4-9-8(10)5-6-11-9/h3,5-6H,4H2,1-2H3. The molecule has 0 N–H and O–H groups in total. The van der Waals surface area contributed by atoms with Crippen molar-refractivity contribution in [2.75, 3.05) is 0 Å². The molecule has 0 aliphatic carbocycles. The van der Waals surface area contributed by atoms with Gasteiger partial charge in [-0.25, -0.2) is 0 Å². The zero-order valence-corrected chi connectivity index (χ0v) is 8.31. The van der Waals surface area contributed by atoms with Gasteiger partial charge in [0.15, 0.2) is 0 Å². The van der Waals surface area contributed by atoms with Crippen molar-refractivity contribution in [3.63, 3.8) is 0 Å². The van der Waals surface area contributed by atoms with Crippen LogP contribution in [0.15, 0.2) is 32.9 Å². The molecule has 11 heavy (non-hydrogen) atoms. The first-order chi connectivity index (χ1) is 5.20. The van der Waals surface area contributed by atoms with Crippen molar-refractivity contribution in [2.24, 2.45) is 0 Å². The lowest BCUT2D eigenvalue weighted by Crippen LogP contribution is -1.77. The molecule has 0 unspecified atom stereocenters. The Kier molecular flexibility index (Phi) is 2.94. The van der Waals surface area contributed by atoms with Crippen LogP contribution in [0.5, 0.6) is 0 Å². The minimum atomic E-state index is 0.871. The smallest absolute Gasteiger partial charge is 0.121 e. The fraction of sp³-hybridized carbons (Fsp3) is 0.333. The Morgan fingerprint density at radius 3 is 2.82 bits per heavy atom. The van der Waals surface area contributed by atoms with Gasteiger partial charge in [0.25, 0.3) is 0 Å². The van der Waals surface area contributed by atoms with Crippen molar-refractivity contribution in [2.45, 2.75) is 20.3 Å². The van der Waals surface area contributed by atoms with Gasteiger partial charge in [-0.3, -0.25) is 0 Å². The minimum Gasteiger partial charge on any atom is -0.468 e. The highest BCUT2D eigenvalue weighted by atomic mass is 79.9. The summed E-state index contributed by atoms with van der Waals surface area (Å²) >= 11 is 3.39. The molecule has 1 heterocycles. The van der Waals surface area contributed by atoms with Crippen LogP contribution in [0.1, 0.15) is 19.6 Å². The van der Waals surface area contributed by atoms with E-state index in [9.17, 15) is 0 Å². The van der Waals surface area contributed by atoms with Gasteiger partial charge in [0, 0.05) is 6.42 Å². The number of halogens is 1. The van der Waals surface area contributed by atoms with Crippen LogP contribution in [-0.2, 0) is 6.42 Å². The van der Waals surface area contributed by atoms with Crippen LogP contribution in [0.3, 0.4) is 0 Å². The molecular weight excluding hydrogens is 204 g/mol. The summed E-state index contributed by atoms with van der Waals surface area (Å²) in [6.07, 6.45) is 4.71. The second-order valence-corrected chi connectivity index (χ2v) is 3.53. The fourth-order valence-electron chi connectivity index (χ4n) is 0.768. The van der Waals surface area contributed by atoms with E-state index in [2.05, 4.69) is 35.9 Å². The molecule has 0 aromatic carbocycles. The van der Waals surface area contributed by atoms with Crippen molar-refractivity contribution in [3.8, 4) is 0 Å². The summed E-state index contributed by atoms with van der Waals surface area (Å²) in [5.41, 5.74) is 1.31. The second kappa shape index (κ2) is 3.77. The number of hydrogen-bond acceptors (Lipinski definition) is 1. The van der Waals surface area contributed by atoms with Gasteiger partial charge < -0.3 is 4.42 Å². The van der Waals surface area contributed by atoms with Crippen molar-refractivity contribution < 1.29 is 4.42 Å². The highest BCUT2D eigenvalue weighted by molar-refractivity contribution is 9.10. The molecule has 0 atom stereocenters. The van der Waals surface area contributed by atoms with E-state index in [1.807, 2.05) is 6.07 Å². The lowest BCUT2D eigenvalue weighted by atomic mass is 10.2. The van der Waals surface area contributed by atoms with Crippen molar-refractivity contribution in [3.05, 3.63) is 34.2 Å². The van der Waals surface area contributed by atoms with E-state index in [-0.39, 0.29) is 0 Å². The Labute approximate surface area is 75.2 Å². The van der Waals surface area contributed by atoms with Crippen LogP contribution in [-0.4, -0.2) is 0 Å². The molecule has 0 saturated heterocycles. The van der Waals surface area contributed by atoms with E-state index in [0.29, 0.717) is 0 Å². The van der Waals surface area contributed by atoms with Gasteiger partial charge in [-0.2, -0.15) is 0 Å². The molecule has 0 bridgehead atoms. The van der Waals surface area contributed by atoms with Gasteiger partial charge >= 0.3 is 0 Å². The summed E-state index contributed by atoms with van der Waals surface area (Å²) in [6, 6.07) is 1.91. The fourth-order valence-corrected chi connectivity index (χ4v) is 1.13.